The van der Waals surface area contributed by atoms with Gasteiger partial charge in [-0.1, -0.05) is 12.1 Å². The van der Waals surface area contributed by atoms with Gasteiger partial charge in [0.1, 0.15) is 6.61 Å². The molecule has 0 radical (unpaired) electrons. The Morgan fingerprint density at radius 1 is 1.50 bits per heavy atom. The molecule has 0 aliphatic carbocycles. The van der Waals surface area contributed by atoms with Crippen LogP contribution in [0.1, 0.15) is 6.42 Å². The molecular weight excluding hydrogens is 227 g/mol. The molecule has 0 amide bonds. The number of halogens is 1. The normalized spacial score (nSPS) is 22.0. The van der Waals surface area contributed by atoms with E-state index < -0.39 is 6.10 Å². The topological polar surface area (TPSA) is 29.5 Å². The van der Waals surface area contributed by atoms with Crippen molar-refractivity contribution in [1.82, 2.24) is 0 Å². The minimum Gasteiger partial charge on any atom is -0.488 e. The summed E-state index contributed by atoms with van der Waals surface area (Å²) < 4.78 is 18.5. The monoisotopic (exact) mass is 242 g/mol. The molecule has 2 nitrogen and oxygen atoms in total. The Morgan fingerprint density at radius 2 is 2.31 bits per heavy atom. The van der Waals surface area contributed by atoms with Gasteiger partial charge in [0.15, 0.2) is 11.6 Å². The maximum Gasteiger partial charge on any atom is 0.165 e. The van der Waals surface area contributed by atoms with Gasteiger partial charge in [0.25, 0.3) is 0 Å². The summed E-state index contributed by atoms with van der Waals surface area (Å²) in [6, 6.07) is 6.26. The van der Waals surface area contributed by atoms with Crippen LogP contribution in [-0.2, 0) is 0 Å². The molecule has 1 heterocycles. The van der Waals surface area contributed by atoms with Gasteiger partial charge >= 0.3 is 0 Å². The molecule has 1 aliphatic rings. The van der Waals surface area contributed by atoms with Gasteiger partial charge in [-0.15, -0.1) is 0 Å². The number of rotatable bonds is 4. The maximum absolute atomic E-state index is 13.2. The van der Waals surface area contributed by atoms with Crippen LogP contribution in [0.15, 0.2) is 24.3 Å². The molecule has 1 saturated heterocycles. The van der Waals surface area contributed by atoms with Gasteiger partial charge in [-0.3, -0.25) is 0 Å². The molecule has 2 atom stereocenters. The third-order valence-corrected chi connectivity index (χ3v) is 3.94. The van der Waals surface area contributed by atoms with E-state index in [1.165, 1.54) is 6.07 Å². The fourth-order valence-corrected chi connectivity index (χ4v) is 3.06. The van der Waals surface area contributed by atoms with Gasteiger partial charge in [-0.2, -0.15) is 11.8 Å². The average molecular weight is 242 g/mol. The second kappa shape index (κ2) is 5.55. The molecule has 1 N–H and O–H groups in total. The van der Waals surface area contributed by atoms with Gasteiger partial charge in [0.2, 0.25) is 0 Å². The Balaban J connectivity index is 1.84. The van der Waals surface area contributed by atoms with Crippen LogP contribution in [0.2, 0.25) is 0 Å². The van der Waals surface area contributed by atoms with Gasteiger partial charge < -0.3 is 9.84 Å². The van der Waals surface area contributed by atoms with Crippen molar-refractivity contribution in [3.8, 4) is 5.75 Å². The molecule has 88 valence electrons. The number of hydrogen-bond donors (Lipinski definition) is 1. The highest BCUT2D eigenvalue weighted by molar-refractivity contribution is 7.99. The molecule has 1 aromatic rings. The minimum absolute atomic E-state index is 0.173. The Bertz CT molecular complexity index is 340. The highest BCUT2D eigenvalue weighted by atomic mass is 32.2. The fourth-order valence-electron chi connectivity index (χ4n) is 1.73. The third-order valence-electron chi connectivity index (χ3n) is 2.76. The van der Waals surface area contributed by atoms with E-state index in [4.69, 9.17) is 4.74 Å². The minimum atomic E-state index is -0.491. The van der Waals surface area contributed by atoms with Crippen molar-refractivity contribution in [3.63, 3.8) is 0 Å². The van der Waals surface area contributed by atoms with E-state index in [2.05, 4.69) is 0 Å². The summed E-state index contributed by atoms with van der Waals surface area (Å²) in [5.41, 5.74) is 0. The number of benzene rings is 1. The van der Waals surface area contributed by atoms with E-state index in [0.717, 1.165) is 17.9 Å². The first-order chi connectivity index (χ1) is 7.77. The van der Waals surface area contributed by atoms with Crippen molar-refractivity contribution in [2.75, 3.05) is 18.1 Å². The van der Waals surface area contributed by atoms with Crippen molar-refractivity contribution < 1.29 is 14.2 Å². The van der Waals surface area contributed by atoms with Crippen molar-refractivity contribution >= 4 is 11.8 Å². The van der Waals surface area contributed by atoms with E-state index in [0.29, 0.717) is 0 Å². The fraction of sp³-hybridized carbons (Fsp3) is 0.500. The zero-order valence-corrected chi connectivity index (χ0v) is 9.75. The van der Waals surface area contributed by atoms with Crippen molar-refractivity contribution in [2.45, 2.75) is 12.5 Å². The van der Waals surface area contributed by atoms with E-state index in [1.807, 2.05) is 11.8 Å². The number of para-hydroxylation sites is 1. The van der Waals surface area contributed by atoms with E-state index >= 15 is 0 Å². The maximum atomic E-state index is 13.2. The van der Waals surface area contributed by atoms with Gasteiger partial charge in [0, 0.05) is 0 Å². The van der Waals surface area contributed by atoms with E-state index in [9.17, 15) is 9.50 Å². The summed E-state index contributed by atoms with van der Waals surface area (Å²) in [7, 11) is 0. The van der Waals surface area contributed by atoms with Crippen LogP contribution >= 0.6 is 11.8 Å². The Kier molecular flexibility index (Phi) is 4.07. The number of ether oxygens (including phenoxy) is 1. The second-order valence-corrected chi connectivity index (χ2v) is 5.08. The molecule has 1 fully saturated rings. The summed E-state index contributed by atoms with van der Waals surface area (Å²) in [5, 5.41) is 9.84. The van der Waals surface area contributed by atoms with Crippen LogP contribution in [0.25, 0.3) is 0 Å². The van der Waals surface area contributed by atoms with Crippen LogP contribution < -0.4 is 4.74 Å². The molecule has 2 rings (SSSR count). The highest BCUT2D eigenvalue weighted by Crippen LogP contribution is 2.26. The highest BCUT2D eigenvalue weighted by Gasteiger charge is 2.24. The van der Waals surface area contributed by atoms with Gasteiger partial charge in [-0.25, -0.2) is 4.39 Å². The molecule has 0 spiro atoms. The summed E-state index contributed by atoms with van der Waals surface area (Å²) in [6.07, 6.45) is 0.529. The molecular formula is C12H15FO2S. The third kappa shape index (κ3) is 2.89. The first-order valence-electron chi connectivity index (χ1n) is 5.40. The number of thioether (sulfide) groups is 1. The number of aliphatic hydroxyl groups excluding tert-OH is 1. The lowest BCUT2D eigenvalue weighted by Crippen LogP contribution is -2.27. The lowest BCUT2D eigenvalue weighted by molar-refractivity contribution is 0.0647. The number of aliphatic hydroxyl groups is 1. The standard InChI is InChI=1S/C12H15FO2S/c13-10-3-1-2-4-12(10)15-7-11(14)9-5-6-16-8-9/h1-4,9,11,14H,5-8H2. The van der Waals surface area contributed by atoms with Crippen LogP contribution in [0.5, 0.6) is 5.75 Å². The summed E-state index contributed by atoms with van der Waals surface area (Å²) >= 11 is 1.85. The Morgan fingerprint density at radius 3 is 3.00 bits per heavy atom. The first kappa shape index (κ1) is 11.7. The smallest absolute Gasteiger partial charge is 0.165 e. The average Bonchev–Trinajstić information content (AvgIpc) is 2.81. The van der Waals surface area contributed by atoms with E-state index in [-0.39, 0.29) is 24.1 Å². The van der Waals surface area contributed by atoms with Gasteiger partial charge in [0.05, 0.1) is 6.10 Å². The Hall–Kier alpha value is -0.740. The second-order valence-electron chi connectivity index (χ2n) is 3.93. The summed E-state index contributed by atoms with van der Waals surface area (Å²) in [5.74, 6) is 2.20. The summed E-state index contributed by atoms with van der Waals surface area (Å²) in [6.45, 7) is 0.173. The van der Waals surface area contributed by atoms with Crippen LogP contribution in [0, 0.1) is 11.7 Å². The summed E-state index contributed by atoms with van der Waals surface area (Å²) in [4.78, 5) is 0. The SMILES string of the molecule is OC(COc1ccccc1F)C1CCSC1. The van der Waals surface area contributed by atoms with Crippen LogP contribution in [0.4, 0.5) is 4.39 Å². The largest absolute Gasteiger partial charge is 0.488 e. The molecule has 0 bridgehead atoms. The predicted molar refractivity (Wildman–Crippen MR) is 63.3 cm³/mol. The molecule has 1 aromatic carbocycles. The lowest BCUT2D eigenvalue weighted by Gasteiger charge is -2.17. The van der Waals surface area contributed by atoms with Crippen molar-refractivity contribution in [2.24, 2.45) is 5.92 Å². The zero-order valence-electron chi connectivity index (χ0n) is 8.93. The van der Waals surface area contributed by atoms with Crippen LogP contribution in [-0.4, -0.2) is 29.3 Å². The first-order valence-corrected chi connectivity index (χ1v) is 6.56. The quantitative estimate of drug-likeness (QED) is 0.878. The predicted octanol–water partition coefficient (Wildman–Crippen LogP) is 2.32. The van der Waals surface area contributed by atoms with Crippen LogP contribution in [0.3, 0.4) is 0 Å². The molecule has 0 saturated carbocycles. The lowest BCUT2D eigenvalue weighted by atomic mass is 10.0. The molecule has 16 heavy (non-hydrogen) atoms. The molecule has 2 unspecified atom stereocenters. The zero-order chi connectivity index (χ0) is 11.4. The molecule has 4 heteroatoms. The van der Waals surface area contributed by atoms with E-state index in [1.54, 1.807) is 18.2 Å². The Labute approximate surface area is 98.8 Å². The van der Waals surface area contributed by atoms with Crippen molar-refractivity contribution in [3.05, 3.63) is 30.1 Å². The molecule has 0 aromatic heterocycles. The van der Waals surface area contributed by atoms with Gasteiger partial charge in [-0.05, 0) is 36.0 Å². The molecule has 1 aliphatic heterocycles. The number of hydrogen-bond acceptors (Lipinski definition) is 3. The van der Waals surface area contributed by atoms with Crippen molar-refractivity contribution in [1.29, 1.82) is 0 Å².